The van der Waals surface area contributed by atoms with Gasteiger partial charge in [0.25, 0.3) is 0 Å². The third kappa shape index (κ3) is 4.25. The van der Waals surface area contributed by atoms with Crippen LogP contribution < -0.4 is 10.6 Å². The highest BCUT2D eigenvalue weighted by atomic mass is 35.5. The summed E-state index contributed by atoms with van der Waals surface area (Å²) in [7, 11) is 0. The van der Waals surface area contributed by atoms with Gasteiger partial charge in [-0.2, -0.15) is 0 Å². The molecule has 1 heterocycles. The first kappa shape index (κ1) is 15.4. The fraction of sp³-hybridized carbons (Fsp3) is 0.571. The van der Waals surface area contributed by atoms with Crippen LogP contribution in [-0.2, 0) is 13.0 Å². The Balaban J connectivity index is 0.00000162. The first-order chi connectivity index (χ1) is 8.29. The van der Waals surface area contributed by atoms with Gasteiger partial charge < -0.3 is 15.7 Å². The van der Waals surface area contributed by atoms with Crippen molar-refractivity contribution in [1.29, 1.82) is 0 Å². The Hall–Kier alpha value is -0.610. The Morgan fingerprint density at radius 3 is 2.44 bits per heavy atom. The van der Waals surface area contributed by atoms with Crippen molar-refractivity contribution in [2.24, 2.45) is 5.92 Å². The number of rotatable bonds is 5. The lowest BCUT2D eigenvalue weighted by molar-refractivity contribution is 0.146. The van der Waals surface area contributed by atoms with Crippen LogP contribution in [0.2, 0.25) is 0 Å². The van der Waals surface area contributed by atoms with E-state index in [4.69, 9.17) is 0 Å². The van der Waals surface area contributed by atoms with E-state index in [0.717, 1.165) is 32.6 Å². The first-order valence-corrected chi connectivity index (χ1v) is 6.47. The number of aliphatic hydroxyl groups excluding tert-OH is 1. The maximum absolute atomic E-state index is 9.65. The summed E-state index contributed by atoms with van der Waals surface area (Å²) in [5.41, 5.74) is 2.69. The molecule has 3 N–H and O–H groups in total. The molecule has 0 aliphatic carbocycles. The first-order valence-electron chi connectivity index (χ1n) is 6.47. The van der Waals surface area contributed by atoms with Gasteiger partial charge in [0.1, 0.15) is 0 Å². The van der Waals surface area contributed by atoms with Crippen LogP contribution in [0.5, 0.6) is 0 Å². The van der Waals surface area contributed by atoms with E-state index < -0.39 is 0 Å². The highest BCUT2D eigenvalue weighted by Crippen LogP contribution is 2.08. The molecule has 102 valence electrons. The van der Waals surface area contributed by atoms with Crippen molar-refractivity contribution in [2.45, 2.75) is 26.0 Å². The standard InChI is InChI=1S/C14H22N2O.ClH/c1-2-11-3-5-12(6-4-11)7-15-8-13-9-16-10-14(13)17;/h3-6,13-17H,2,7-10H2,1H3;1H. The number of hydrogen-bond donors (Lipinski definition) is 3. The van der Waals surface area contributed by atoms with Crippen molar-refractivity contribution in [3.63, 3.8) is 0 Å². The Labute approximate surface area is 115 Å². The van der Waals surface area contributed by atoms with Crippen molar-refractivity contribution in [3.05, 3.63) is 35.4 Å². The molecule has 0 bridgehead atoms. The molecule has 18 heavy (non-hydrogen) atoms. The van der Waals surface area contributed by atoms with E-state index in [9.17, 15) is 5.11 Å². The van der Waals surface area contributed by atoms with E-state index in [1.807, 2.05) is 0 Å². The van der Waals surface area contributed by atoms with Crippen LogP contribution in [0.1, 0.15) is 18.1 Å². The highest BCUT2D eigenvalue weighted by molar-refractivity contribution is 5.85. The zero-order chi connectivity index (χ0) is 12.1. The third-order valence-corrected chi connectivity index (χ3v) is 3.47. The average Bonchev–Trinajstić information content (AvgIpc) is 2.76. The van der Waals surface area contributed by atoms with Crippen molar-refractivity contribution >= 4 is 12.4 Å². The van der Waals surface area contributed by atoms with Crippen LogP contribution in [0.4, 0.5) is 0 Å². The molecule has 1 aliphatic rings. The van der Waals surface area contributed by atoms with E-state index in [0.29, 0.717) is 5.92 Å². The largest absolute Gasteiger partial charge is 0.391 e. The van der Waals surface area contributed by atoms with Gasteiger partial charge in [-0.25, -0.2) is 0 Å². The Morgan fingerprint density at radius 2 is 1.89 bits per heavy atom. The van der Waals surface area contributed by atoms with Crippen LogP contribution in [0.25, 0.3) is 0 Å². The zero-order valence-electron chi connectivity index (χ0n) is 10.9. The summed E-state index contributed by atoms with van der Waals surface area (Å²) in [6.07, 6.45) is 0.901. The number of nitrogens with one attached hydrogen (secondary N) is 2. The van der Waals surface area contributed by atoms with E-state index in [2.05, 4.69) is 41.8 Å². The van der Waals surface area contributed by atoms with Gasteiger partial charge in [0.2, 0.25) is 0 Å². The van der Waals surface area contributed by atoms with Gasteiger partial charge >= 0.3 is 0 Å². The highest BCUT2D eigenvalue weighted by Gasteiger charge is 2.23. The van der Waals surface area contributed by atoms with Gasteiger partial charge in [-0.05, 0) is 17.5 Å². The lowest BCUT2D eigenvalue weighted by Gasteiger charge is -2.14. The number of benzene rings is 1. The molecular formula is C14H23ClN2O. The van der Waals surface area contributed by atoms with E-state index in [-0.39, 0.29) is 18.5 Å². The molecular weight excluding hydrogens is 248 g/mol. The minimum Gasteiger partial charge on any atom is -0.391 e. The zero-order valence-corrected chi connectivity index (χ0v) is 11.7. The summed E-state index contributed by atoms with van der Waals surface area (Å²) in [5, 5.41) is 16.3. The third-order valence-electron chi connectivity index (χ3n) is 3.47. The van der Waals surface area contributed by atoms with Crippen LogP contribution >= 0.6 is 12.4 Å². The molecule has 1 fully saturated rings. The summed E-state index contributed by atoms with van der Waals surface area (Å²) in [6.45, 7) is 5.58. The minimum atomic E-state index is -0.190. The van der Waals surface area contributed by atoms with Crippen molar-refractivity contribution in [2.75, 3.05) is 19.6 Å². The van der Waals surface area contributed by atoms with Gasteiger partial charge in [-0.15, -0.1) is 12.4 Å². The maximum Gasteiger partial charge on any atom is 0.0716 e. The predicted octanol–water partition coefficient (Wildman–Crippen LogP) is 1.34. The van der Waals surface area contributed by atoms with E-state index in [1.165, 1.54) is 11.1 Å². The summed E-state index contributed by atoms with van der Waals surface area (Å²) in [6, 6.07) is 8.72. The molecule has 0 radical (unpaired) electrons. The van der Waals surface area contributed by atoms with Gasteiger partial charge in [0.05, 0.1) is 6.10 Å². The fourth-order valence-corrected chi connectivity index (χ4v) is 2.22. The van der Waals surface area contributed by atoms with Gasteiger partial charge in [-0.1, -0.05) is 31.2 Å². The maximum atomic E-state index is 9.65. The molecule has 1 aromatic carbocycles. The van der Waals surface area contributed by atoms with Crippen LogP contribution in [0.15, 0.2) is 24.3 Å². The quantitative estimate of drug-likeness (QED) is 0.757. The predicted molar refractivity (Wildman–Crippen MR) is 77.1 cm³/mol. The second kappa shape index (κ2) is 7.74. The monoisotopic (exact) mass is 270 g/mol. The number of hydrogen-bond acceptors (Lipinski definition) is 3. The molecule has 0 amide bonds. The van der Waals surface area contributed by atoms with Crippen LogP contribution in [0.3, 0.4) is 0 Å². The second-order valence-corrected chi connectivity index (χ2v) is 4.79. The Kier molecular flexibility index (Phi) is 6.65. The molecule has 2 rings (SSSR count). The number of halogens is 1. The summed E-state index contributed by atoms with van der Waals surface area (Å²) >= 11 is 0. The SMILES string of the molecule is CCc1ccc(CNCC2CNCC2O)cc1.Cl. The molecule has 0 saturated carbocycles. The number of aryl methyl sites for hydroxylation is 1. The van der Waals surface area contributed by atoms with Gasteiger partial charge in [0.15, 0.2) is 0 Å². The molecule has 1 aliphatic heterocycles. The normalized spacial score (nSPS) is 22.8. The van der Waals surface area contributed by atoms with E-state index in [1.54, 1.807) is 0 Å². The average molecular weight is 271 g/mol. The lowest BCUT2D eigenvalue weighted by Crippen LogP contribution is -2.30. The van der Waals surface area contributed by atoms with Crippen molar-refractivity contribution < 1.29 is 5.11 Å². The molecule has 0 aromatic heterocycles. The molecule has 1 aromatic rings. The summed E-state index contributed by atoms with van der Waals surface area (Å²) in [4.78, 5) is 0. The molecule has 4 heteroatoms. The molecule has 1 saturated heterocycles. The smallest absolute Gasteiger partial charge is 0.0716 e. The topological polar surface area (TPSA) is 44.3 Å². The summed E-state index contributed by atoms with van der Waals surface area (Å²) in [5.74, 6) is 0.352. The Morgan fingerprint density at radius 1 is 1.22 bits per heavy atom. The van der Waals surface area contributed by atoms with Gasteiger partial charge in [-0.3, -0.25) is 0 Å². The molecule has 3 nitrogen and oxygen atoms in total. The minimum absolute atomic E-state index is 0. The van der Waals surface area contributed by atoms with Crippen molar-refractivity contribution in [1.82, 2.24) is 10.6 Å². The molecule has 2 unspecified atom stereocenters. The van der Waals surface area contributed by atoms with Crippen LogP contribution in [-0.4, -0.2) is 30.8 Å². The molecule has 2 atom stereocenters. The molecule has 0 spiro atoms. The number of β-amino-alcohol motifs (C(OH)–C–C–N with tert-alkyl or cyclic N) is 1. The van der Waals surface area contributed by atoms with Crippen LogP contribution in [0, 0.1) is 5.92 Å². The Bertz CT molecular complexity index is 342. The van der Waals surface area contributed by atoms with Gasteiger partial charge in [0, 0.05) is 32.1 Å². The summed E-state index contributed by atoms with van der Waals surface area (Å²) < 4.78 is 0. The van der Waals surface area contributed by atoms with E-state index >= 15 is 0 Å². The number of aliphatic hydroxyl groups is 1. The fourth-order valence-electron chi connectivity index (χ4n) is 2.22. The lowest BCUT2D eigenvalue weighted by atomic mass is 10.1. The second-order valence-electron chi connectivity index (χ2n) is 4.79. The van der Waals surface area contributed by atoms with Crippen molar-refractivity contribution in [3.8, 4) is 0 Å².